The first-order chi connectivity index (χ1) is 10.9. The van der Waals surface area contributed by atoms with Crippen LogP contribution in [0.4, 0.5) is 0 Å². The Labute approximate surface area is 129 Å². The Hall–Kier alpha value is -2.68. The first-order valence-corrected chi connectivity index (χ1v) is 7.68. The molecule has 4 rings (SSSR count). The van der Waals surface area contributed by atoms with Gasteiger partial charge in [-0.05, 0) is 30.7 Å². The van der Waals surface area contributed by atoms with E-state index in [1.807, 2.05) is 18.3 Å². The molecule has 2 aromatic carbocycles. The number of benzene rings is 2. The minimum atomic E-state index is 0.957. The Morgan fingerprint density at radius 1 is 0.955 bits per heavy atom. The smallest absolute Gasteiger partial charge is 0.143 e. The van der Waals surface area contributed by atoms with Crippen LogP contribution in [-0.4, -0.2) is 14.5 Å². The normalized spacial score (nSPS) is 11.3. The third kappa shape index (κ3) is 1.98. The zero-order valence-electron chi connectivity index (χ0n) is 12.5. The Morgan fingerprint density at radius 2 is 1.82 bits per heavy atom. The minimum Gasteiger partial charge on any atom is -0.324 e. The van der Waals surface area contributed by atoms with Crippen molar-refractivity contribution in [2.24, 2.45) is 0 Å². The second-order valence-electron chi connectivity index (χ2n) is 5.46. The van der Waals surface area contributed by atoms with Gasteiger partial charge in [-0.3, -0.25) is 4.98 Å². The van der Waals surface area contributed by atoms with Crippen molar-refractivity contribution in [3.05, 3.63) is 60.8 Å². The standard InChI is InChI=1S/C19H17N3/c1-2-13-22-17-11-4-3-10-16(17)21-19(22)15-9-5-7-14-8-6-12-20-18(14)15/h3-12H,2,13H2,1H3. The summed E-state index contributed by atoms with van der Waals surface area (Å²) in [4.78, 5) is 9.45. The van der Waals surface area contributed by atoms with Gasteiger partial charge in [0.05, 0.1) is 16.6 Å². The molecular weight excluding hydrogens is 270 g/mol. The van der Waals surface area contributed by atoms with Gasteiger partial charge >= 0.3 is 0 Å². The Morgan fingerprint density at radius 3 is 2.73 bits per heavy atom. The fourth-order valence-corrected chi connectivity index (χ4v) is 3.02. The van der Waals surface area contributed by atoms with Gasteiger partial charge in [-0.25, -0.2) is 4.98 Å². The number of imidazole rings is 1. The number of para-hydroxylation sites is 3. The molecule has 3 heteroatoms. The molecule has 0 aliphatic rings. The van der Waals surface area contributed by atoms with E-state index in [0.29, 0.717) is 0 Å². The third-order valence-corrected chi connectivity index (χ3v) is 3.98. The lowest BCUT2D eigenvalue weighted by Gasteiger charge is -2.09. The Balaban J connectivity index is 2.06. The van der Waals surface area contributed by atoms with Gasteiger partial charge < -0.3 is 4.57 Å². The molecule has 0 saturated carbocycles. The van der Waals surface area contributed by atoms with Crippen LogP contribution in [0.15, 0.2) is 60.8 Å². The summed E-state index contributed by atoms with van der Waals surface area (Å²) in [7, 11) is 0. The maximum atomic E-state index is 4.87. The summed E-state index contributed by atoms with van der Waals surface area (Å²) in [6, 6.07) is 18.7. The van der Waals surface area contributed by atoms with Gasteiger partial charge in [0.1, 0.15) is 5.82 Å². The molecule has 0 spiro atoms. The summed E-state index contributed by atoms with van der Waals surface area (Å²) in [5, 5.41) is 1.15. The van der Waals surface area contributed by atoms with E-state index in [9.17, 15) is 0 Å². The molecule has 0 N–H and O–H groups in total. The maximum Gasteiger partial charge on any atom is 0.143 e. The number of fused-ring (bicyclic) bond motifs is 2. The fraction of sp³-hybridized carbons (Fsp3) is 0.158. The molecule has 0 saturated heterocycles. The van der Waals surface area contributed by atoms with Crippen molar-refractivity contribution in [3.8, 4) is 11.4 Å². The highest BCUT2D eigenvalue weighted by molar-refractivity contribution is 5.94. The Kier molecular flexibility index (Phi) is 3.11. The summed E-state index contributed by atoms with van der Waals surface area (Å²) >= 11 is 0. The van der Waals surface area contributed by atoms with Gasteiger partial charge in [-0.2, -0.15) is 0 Å². The molecule has 0 fully saturated rings. The molecule has 0 amide bonds. The number of hydrogen-bond acceptors (Lipinski definition) is 2. The van der Waals surface area contributed by atoms with Crippen LogP contribution < -0.4 is 0 Å². The van der Waals surface area contributed by atoms with Crippen molar-refractivity contribution < 1.29 is 0 Å². The predicted molar refractivity (Wildman–Crippen MR) is 90.8 cm³/mol. The van der Waals surface area contributed by atoms with Gasteiger partial charge in [0.25, 0.3) is 0 Å². The van der Waals surface area contributed by atoms with Crippen LogP contribution in [0.1, 0.15) is 13.3 Å². The minimum absolute atomic E-state index is 0.957. The van der Waals surface area contributed by atoms with Crippen LogP contribution >= 0.6 is 0 Å². The third-order valence-electron chi connectivity index (χ3n) is 3.98. The molecular formula is C19H17N3. The van der Waals surface area contributed by atoms with Crippen LogP contribution in [0.3, 0.4) is 0 Å². The van der Waals surface area contributed by atoms with E-state index in [4.69, 9.17) is 4.98 Å². The lowest BCUT2D eigenvalue weighted by atomic mass is 10.1. The lowest BCUT2D eigenvalue weighted by Crippen LogP contribution is -2.00. The first kappa shape index (κ1) is 13.0. The second-order valence-corrected chi connectivity index (χ2v) is 5.46. The summed E-state index contributed by atoms with van der Waals surface area (Å²) < 4.78 is 2.30. The zero-order valence-corrected chi connectivity index (χ0v) is 12.5. The van der Waals surface area contributed by atoms with Gasteiger partial charge in [-0.15, -0.1) is 0 Å². The van der Waals surface area contributed by atoms with Crippen LogP contribution in [0.25, 0.3) is 33.3 Å². The number of rotatable bonds is 3. The number of hydrogen-bond donors (Lipinski definition) is 0. The van der Waals surface area contributed by atoms with Gasteiger partial charge in [0.2, 0.25) is 0 Å². The Bertz CT molecular complexity index is 948. The topological polar surface area (TPSA) is 30.7 Å². The highest BCUT2D eigenvalue weighted by Gasteiger charge is 2.14. The monoisotopic (exact) mass is 287 g/mol. The van der Waals surface area contributed by atoms with Gasteiger partial charge in [-0.1, -0.05) is 37.3 Å². The van der Waals surface area contributed by atoms with E-state index < -0.39 is 0 Å². The fourth-order valence-electron chi connectivity index (χ4n) is 3.02. The largest absolute Gasteiger partial charge is 0.324 e. The molecule has 22 heavy (non-hydrogen) atoms. The molecule has 0 atom stereocenters. The van der Waals surface area contributed by atoms with Crippen LogP contribution in [0, 0.1) is 0 Å². The van der Waals surface area contributed by atoms with Gasteiger partial charge in [0.15, 0.2) is 0 Å². The van der Waals surface area contributed by atoms with Crippen molar-refractivity contribution in [2.75, 3.05) is 0 Å². The number of aryl methyl sites for hydroxylation is 1. The van der Waals surface area contributed by atoms with E-state index in [1.165, 1.54) is 5.52 Å². The van der Waals surface area contributed by atoms with E-state index in [-0.39, 0.29) is 0 Å². The zero-order chi connectivity index (χ0) is 14.9. The molecule has 0 unspecified atom stereocenters. The summed E-state index contributed by atoms with van der Waals surface area (Å²) in [5.74, 6) is 1.01. The number of nitrogens with zero attached hydrogens (tertiary/aromatic N) is 3. The molecule has 0 radical (unpaired) electrons. The SMILES string of the molecule is CCCn1c(-c2cccc3cccnc23)nc2ccccc21. The van der Waals surface area contributed by atoms with Gasteiger partial charge in [0, 0.05) is 23.7 Å². The van der Waals surface area contributed by atoms with Crippen molar-refractivity contribution >= 4 is 21.9 Å². The van der Waals surface area contributed by atoms with Crippen LogP contribution in [0.2, 0.25) is 0 Å². The van der Waals surface area contributed by atoms with E-state index in [0.717, 1.165) is 40.8 Å². The van der Waals surface area contributed by atoms with E-state index >= 15 is 0 Å². The number of pyridine rings is 1. The lowest BCUT2D eigenvalue weighted by molar-refractivity contribution is 0.704. The van der Waals surface area contributed by atoms with Crippen molar-refractivity contribution in [1.29, 1.82) is 0 Å². The molecule has 2 aromatic heterocycles. The summed E-state index contributed by atoms with van der Waals surface area (Å²) in [6.45, 7) is 3.15. The highest BCUT2D eigenvalue weighted by atomic mass is 15.1. The second kappa shape index (κ2) is 5.26. The molecule has 0 aliphatic heterocycles. The van der Waals surface area contributed by atoms with Crippen molar-refractivity contribution in [3.63, 3.8) is 0 Å². The van der Waals surface area contributed by atoms with Crippen molar-refractivity contribution in [2.45, 2.75) is 19.9 Å². The molecule has 4 aromatic rings. The summed E-state index contributed by atoms with van der Waals surface area (Å²) in [6.07, 6.45) is 2.92. The molecule has 0 aliphatic carbocycles. The average Bonchev–Trinajstić information content (AvgIpc) is 2.93. The number of aromatic nitrogens is 3. The first-order valence-electron chi connectivity index (χ1n) is 7.68. The predicted octanol–water partition coefficient (Wildman–Crippen LogP) is 4.66. The van der Waals surface area contributed by atoms with Crippen LogP contribution in [0.5, 0.6) is 0 Å². The highest BCUT2D eigenvalue weighted by Crippen LogP contribution is 2.29. The summed E-state index contributed by atoms with van der Waals surface area (Å²) in [5.41, 5.74) is 4.34. The van der Waals surface area contributed by atoms with Crippen molar-refractivity contribution in [1.82, 2.24) is 14.5 Å². The van der Waals surface area contributed by atoms with Crippen LogP contribution in [-0.2, 0) is 6.54 Å². The average molecular weight is 287 g/mol. The van der Waals surface area contributed by atoms with E-state index in [1.54, 1.807) is 0 Å². The molecule has 3 nitrogen and oxygen atoms in total. The quantitative estimate of drug-likeness (QED) is 0.548. The molecule has 2 heterocycles. The van der Waals surface area contributed by atoms with E-state index in [2.05, 4.69) is 58.9 Å². The molecule has 108 valence electrons. The maximum absolute atomic E-state index is 4.87. The molecule has 0 bridgehead atoms.